The van der Waals surface area contributed by atoms with Gasteiger partial charge in [0.1, 0.15) is 17.1 Å². The summed E-state index contributed by atoms with van der Waals surface area (Å²) in [7, 11) is 0. The standard InChI is InChI=1S/C29H48O2/c1-20(2)12-9-13-21(3)14-10-15-22(4)16-11-18-29(8)19-17-26-25(7)27(30)23(5)24(6)28(26)31-29/h17,19-22,30H,9-16,18H2,1-8H3/t21-,22-,29-/m0/s1. The molecule has 3 atom stereocenters. The molecule has 0 unspecified atom stereocenters. The fraction of sp³-hybridized carbons (Fsp3) is 0.724. The van der Waals surface area contributed by atoms with Gasteiger partial charge in [-0.3, -0.25) is 0 Å². The highest BCUT2D eigenvalue weighted by Gasteiger charge is 2.30. The van der Waals surface area contributed by atoms with Crippen LogP contribution in [-0.2, 0) is 0 Å². The number of phenolic OH excluding ortho intramolecular Hbond substituents is 1. The van der Waals surface area contributed by atoms with Crippen LogP contribution < -0.4 is 4.74 Å². The monoisotopic (exact) mass is 428 g/mol. The number of ether oxygens (including phenoxy) is 1. The van der Waals surface area contributed by atoms with Crippen LogP contribution in [-0.4, -0.2) is 10.7 Å². The fourth-order valence-corrected chi connectivity index (χ4v) is 4.90. The summed E-state index contributed by atoms with van der Waals surface area (Å²) in [5.41, 5.74) is 3.70. The molecule has 0 radical (unpaired) electrons. The van der Waals surface area contributed by atoms with Crippen molar-refractivity contribution < 1.29 is 9.84 Å². The molecule has 2 heteroatoms. The molecule has 0 bridgehead atoms. The fourth-order valence-electron chi connectivity index (χ4n) is 4.90. The second kappa shape index (κ2) is 11.4. The lowest BCUT2D eigenvalue weighted by molar-refractivity contribution is 0.121. The molecular formula is C29H48O2. The smallest absolute Gasteiger partial charge is 0.131 e. The summed E-state index contributed by atoms with van der Waals surface area (Å²) < 4.78 is 6.52. The van der Waals surface area contributed by atoms with E-state index in [1.807, 2.05) is 13.8 Å². The third-order valence-electron chi connectivity index (χ3n) is 7.44. The minimum Gasteiger partial charge on any atom is -0.507 e. The molecule has 0 spiro atoms. The van der Waals surface area contributed by atoms with Gasteiger partial charge in [-0.2, -0.15) is 0 Å². The van der Waals surface area contributed by atoms with Gasteiger partial charge in [0.2, 0.25) is 0 Å². The van der Waals surface area contributed by atoms with E-state index in [0.29, 0.717) is 5.75 Å². The maximum absolute atomic E-state index is 10.4. The Labute approximate surface area is 192 Å². The number of phenols is 1. The number of rotatable bonds is 12. The molecule has 0 fully saturated rings. The van der Waals surface area contributed by atoms with Gasteiger partial charge >= 0.3 is 0 Å². The lowest BCUT2D eigenvalue weighted by Gasteiger charge is -2.34. The highest BCUT2D eigenvalue weighted by atomic mass is 16.5. The summed E-state index contributed by atoms with van der Waals surface area (Å²) >= 11 is 0. The zero-order chi connectivity index (χ0) is 23.2. The molecule has 1 aromatic rings. The van der Waals surface area contributed by atoms with E-state index in [1.165, 1.54) is 51.4 Å². The van der Waals surface area contributed by atoms with Crippen molar-refractivity contribution in [1.29, 1.82) is 0 Å². The quantitative estimate of drug-likeness (QED) is 0.360. The first-order valence-corrected chi connectivity index (χ1v) is 12.7. The van der Waals surface area contributed by atoms with Crippen LogP contribution in [0.2, 0.25) is 0 Å². The van der Waals surface area contributed by atoms with Gasteiger partial charge in [0.15, 0.2) is 0 Å². The molecule has 1 N–H and O–H groups in total. The molecule has 2 rings (SSSR count). The summed E-state index contributed by atoms with van der Waals surface area (Å²) in [6, 6.07) is 0. The van der Waals surface area contributed by atoms with E-state index in [-0.39, 0.29) is 5.60 Å². The highest BCUT2D eigenvalue weighted by Crippen LogP contribution is 2.43. The largest absolute Gasteiger partial charge is 0.507 e. The van der Waals surface area contributed by atoms with Crippen molar-refractivity contribution in [2.45, 2.75) is 119 Å². The van der Waals surface area contributed by atoms with Crippen LogP contribution in [0.25, 0.3) is 6.08 Å². The van der Waals surface area contributed by atoms with Crippen LogP contribution in [0.15, 0.2) is 6.08 Å². The Morgan fingerprint density at radius 2 is 1.35 bits per heavy atom. The van der Waals surface area contributed by atoms with E-state index >= 15 is 0 Å². The van der Waals surface area contributed by atoms with Gasteiger partial charge in [-0.1, -0.05) is 78.7 Å². The maximum Gasteiger partial charge on any atom is 0.131 e. The molecule has 0 aromatic heterocycles. The number of aromatic hydroxyl groups is 1. The van der Waals surface area contributed by atoms with Gasteiger partial charge in [-0.05, 0) is 75.5 Å². The minimum absolute atomic E-state index is 0.252. The number of hydrogen-bond acceptors (Lipinski definition) is 2. The minimum atomic E-state index is -0.252. The lowest BCUT2D eigenvalue weighted by atomic mass is 9.88. The number of hydrogen-bond donors (Lipinski definition) is 1. The summed E-state index contributed by atoms with van der Waals surface area (Å²) in [5, 5.41) is 10.4. The molecular weight excluding hydrogens is 380 g/mol. The molecule has 0 aliphatic carbocycles. The Kier molecular flexibility index (Phi) is 9.52. The van der Waals surface area contributed by atoms with Crippen LogP contribution in [0.4, 0.5) is 0 Å². The Balaban J connectivity index is 1.76. The normalized spacial score (nSPS) is 19.9. The van der Waals surface area contributed by atoms with Gasteiger partial charge in [-0.15, -0.1) is 0 Å². The van der Waals surface area contributed by atoms with E-state index in [0.717, 1.165) is 52.2 Å². The summed E-state index contributed by atoms with van der Waals surface area (Å²) in [6.45, 7) is 17.7. The summed E-state index contributed by atoms with van der Waals surface area (Å²) in [4.78, 5) is 0. The molecule has 1 aliphatic heterocycles. The molecule has 2 nitrogen and oxygen atoms in total. The zero-order valence-electron chi connectivity index (χ0n) is 21.6. The van der Waals surface area contributed by atoms with Gasteiger partial charge in [0.05, 0.1) is 0 Å². The lowest BCUT2D eigenvalue weighted by Crippen LogP contribution is -2.32. The molecule has 0 saturated heterocycles. The van der Waals surface area contributed by atoms with Crippen molar-refractivity contribution in [3.05, 3.63) is 28.3 Å². The third kappa shape index (κ3) is 7.29. The second-order valence-electron chi connectivity index (χ2n) is 11.1. The molecule has 0 saturated carbocycles. The zero-order valence-corrected chi connectivity index (χ0v) is 21.6. The molecule has 1 aromatic carbocycles. The first-order valence-electron chi connectivity index (χ1n) is 12.7. The first kappa shape index (κ1) is 25.8. The van der Waals surface area contributed by atoms with Crippen LogP contribution in [0.1, 0.15) is 115 Å². The third-order valence-corrected chi connectivity index (χ3v) is 7.44. The Bertz CT molecular complexity index is 746. The Hall–Kier alpha value is -1.44. The Morgan fingerprint density at radius 1 is 0.806 bits per heavy atom. The van der Waals surface area contributed by atoms with Crippen molar-refractivity contribution in [3.8, 4) is 11.5 Å². The number of fused-ring (bicyclic) bond motifs is 1. The van der Waals surface area contributed by atoms with Gasteiger partial charge in [-0.25, -0.2) is 0 Å². The van der Waals surface area contributed by atoms with Crippen molar-refractivity contribution in [1.82, 2.24) is 0 Å². The molecule has 1 heterocycles. The van der Waals surface area contributed by atoms with Crippen molar-refractivity contribution in [2.24, 2.45) is 17.8 Å². The maximum atomic E-state index is 10.4. The molecule has 0 amide bonds. The van der Waals surface area contributed by atoms with E-state index in [2.05, 4.69) is 53.7 Å². The average Bonchev–Trinajstić information content (AvgIpc) is 2.70. The predicted molar refractivity (Wildman–Crippen MR) is 135 cm³/mol. The Morgan fingerprint density at radius 3 is 1.94 bits per heavy atom. The molecule has 1 aliphatic rings. The topological polar surface area (TPSA) is 29.5 Å². The van der Waals surface area contributed by atoms with Crippen LogP contribution in [0, 0.1) is 38.5 Å². The summed E-state index contributed by atoms with van der Waals surface area (Å²) in [5.74, 6) is 3.86. The van der Waals surface area contributed by atoms with Crippen LogP contribution in [0.3, 0.4) is 0 Å². The van der Waals surface area contributed by atoms with E-state index < -0.39 is 0 Å². The van der Waals surface area contributed by atoms with E-state index in [9.17, 15) is 5.11 Å². The van der Waals surface area contributed by atoms with Crippen molar-refractivity contribution in [2.75, 3.05) is 0 Å². The number of benzene rings is 1. The molecule has 31 heavy (non-hydrogen) atoms. The van der Waals surface area contributed by atoms with Crippen LogP contribution >= 0.6 is 0 Å². The van der Waals surface area contributed by atoms with Gasteiger partial charge < -0.3 is 9.84 Å². The van der Waals surface area contributed by atoms with Gasteiger partial charge in [0, 0.05) is 11.1 Å². The van der Waals surface area contributed by atoms with Crippen molar-refractivity contribution >= 4 is 6.08 Å². The van der Waals surface area contributed by atoms with Gasteiger partial charge in [0.25, 0.3) is 0 Å². The van der Waals surface area contributed by atoms with Crippen LogP contribution in [0.5, 0.6) is 11.5 Å². The second-order valence-corrected chi connectivity index (χ2v) is 11.1. The molecule has 176 valence electrons. The SMILES string of the molecule is Cc1c(C)c2c(c(C)c1O)C=C[C@](C)(CCC[C@@H](C)CCC[C@@H](C)CCCC(C)C)O2. The van der Waals surface area contributed by atoms with E-state index in [4.69, 9.17) is 4.74 Å². The highest BCUT2D eigenvalue weighted by molar-refractivity contribution is 5.71. The summed E-state index contributed by atoms with van der Waals surface area (Å²) in [6.07, 6.45) is 16.1. The first-order chi connectivity index (χ1) is 14.5. The average molecular weight is 429 g/mol. The predicted octanol–water partition coefficient (Wildman–Crippen LogP) is 8.92. The van der Waals surface area contributed by atoms with Crippen molar-refractivity contribution in [3.63, 3.8) is 0 Å². The van der Waals surface area contributed by atoms with E-state index in [1.54, 1.807) is 0 Å².